The number of ether oxygens (including phenoxy) is 1. The number of thioether (sulfide) groups is 1. The van der Waals surface area contributed by atoms with Crippen molar-refractivity contribution < 1.29 is 9.53 Å². The molecule has 1 aliphatic heterocycles. The van der Waals surface area contributed by atoms with Crippen LogP contribution in [0.4, 0.5) is 0 Å². The van der Waals surface area contributed by atoms with Crippen molar-refractivity contribution in [3.05, 3.63) is 12.7 Å². The smallest absolute Gasteiger partial charge is 0.309 e. The molecule has 106 valence electrons. The number of aromatic nitrogens is 4. The minimum atomic E-state index is -0.117. The van der Waals surface area contributed by atoms with Crippen LogP contribution in [0.2, 0.25) is 0 Å². The van der Waals surface area contributed by atoms with Crippen molar-refractivity contribution in [3.63, 3.8) is 0 Å². The van der Waals surface area contributed by atoms with E-state index >= 15 is 0 Å². The van der Waals surface area contributed by atoms with Crippen LogP contribution in [0, 0.1) is 5.92 Å². The van der Waals surface area contributed by atoms with Gasteiger partial charge in [-0.05, 0) is 25.9 Å². The molecule has 3 heterocycles. The number of rotatable bonds is 4. The number of aromatic amines is 1. The molecule has 3 rings (SSSR count). The van der Waals surface area contributed by atoms with Crippen LogP contribution in [0.5, 0.6) is 0 Å². The number of piperidine rings is 1. The minimum absolute atomic E-state index is 0.0226. The summed E-state index contributed by atoms with van der Waals surface area (Å²) in [7, 11) is 0. The second-order valence-electron chi connectivity index (χ2n) is 4.53. The lowest BCUT2D eigenvalue weighted by molar-refractivity contribution is -0.147. The van der Waals surface area contributed by atoms with Crippen LogP contribution < -0.4 is 5.32 Å². The Morgan fingerprint density at radius 3 is 3.05 bits per heavy atom. The highest BCUT2D eigenvalue weighted by Gasteiger charge is 2.22. The average Bonchev–Trinajstić information content (AvgIpc) is 2.97. The van der Waals surface area contributed by atoms with Gasteiger partial charge in [0.05, 0.1) is 12.2 Å². The molecule has 0 saturated carbocycles. The van der Waals surface area contributed by atoms with Crippen LogP contribution in [0.15, 0.2) is 17.7 Å². The Labute approximate surface area is 119 Å². The molecule has 0 spiro atoms. The van der Waals surface area contributed by atoms with Crippen molar-refractivity contribution in [2.24, 2.45) is 5.92 Å². The summed E-state index contributed by atoms with van der Waals surface area (Å²) < 4.78 is 5.31. The second-order valence-corrected chi connectivity index (χ2v) is 5.44. The summed E-state index contributed by atoms with van der Waals surface area (Å²) in [6, 6.07) is 0. The van der Waals surface area contributed by atoms with Crippen LogP contribution in [0.3, 0.4) is 0 Å². The van der Waals surface area contributed by atoms with E-state index in [9.17, 15) is 4.79 Å². The first-order chi connectivity index (χ1) is 9.84. The lowest BCUT2D eigenvalue weighted by Gasteiger charge is -2.20. The van der Waals surface area contributed by atoms with E-state index in [1.165, 1.54) is 18.1 Å². The molecule has 1 aliphatic rings. The van der Waals surface area contributed by atoms with Gasteiger partial charge in [-0.15, -0.1) is 0 Å². The Kier molecular flexibility index (Phi) is 4.12. The summed E-state index contributed by atoms with van der Waals surface area (Å²) in [5, 5.41) is 3.97. The Bertz CT molecular complexity index is 596. The van der Waals surface area contributed by atoms with Gasteiger partial charge >= 0.3 is 5.97 Å². The summed E-state index contributed by atoms with van der Waals surface area (Å²) in [4.78, 5) is 27.1. The number of fused-ring (bicyclic) bond motifs is 1. The SMILES string of the molecule is O=C(OCSc1ncnc2nc[nH]c12)C1CCNCC1. The van der Waals surface area contributed by atoms with Gasteiger partial charge in [0.25, 0.3) is 0 Å². The zero-order chi connectivity index (χ0) is 13.8. The van der Waals surface area contributed by atoms with E-state index in [0.29, 0.717) is 5.65 Å². The monoisotopic (exact) mass is 293 g/mol. The molecule has 0 unspecified atom stereocenters. The highest BCUT2D eigenvalue weighted by molar-refractivity contribution is 7.99. The molecule has 0 atom stereocenters. The van der Waals surface area contributed by atoms with Crippen LogP contribution in [-0.2, 0) is 9.53 Å². The molecule has 20 heavy (non-hydrogen) atoms. The molecular formula is C12H15N5O2S. The molecule has 0 aromatic carbocycles. The van der Waals surface area contributed by atoms with Gasteiger partial charge in [-0.2, -0.15) is 0 Å². The highest BCUT2D eigenvalue weighted by Crippen LogP contribution is 2.22. The average molecular weight is 293 g/mol. The summed E-state index contributed by atoms with van der Waals surface area (Å²) in [6.45, 7) is 1.77. The Balaban J connectivity index is 1.54. The van der Waals surface area contributed by atoms with E-state index in [1.54, 1.807) is 6.33 Å². The molecular weight excluding hydrogens is 278 g/mol. The minimum Gasteiger partial charge on any atom is -0.454 e. The van der Waals surface area contributed by atoms with Gasteiger partial charge in [-0.1, -0.05) is 11.8 Å². The fourth-order valence-electron chi connectivity index (χ4n) is 2.17. The van der Waals surface area contributed by atoms with E-state index in [1.807, 2.05) is 0 Å². The third-order valence-electron chi connectivity index (χ3n) is 3.26. The number of esters is 1. The van der Waals surface area contributed by atoms with Crippen molar-refractivity contribution in [2.45, 2.75) is 17.9 Å². The summed E-state index contributed by atoms with van der Waals surface area (Å²) >= 11 is 1.37. The molecule has 2 aromatic heterocycles. The van der Waals surface area contributed by atoms with Gasteiger partial charge in [-0.3, -0.25) is 4.79 Å². The van der Waals surface area contributed by atoms with Crippen LogP contribution in [0.25, 0.3) is 11.2 Å². The first-order valence-corrected chi connectivity index (χ1v) is 7.47. The van der Waals surface area contributed by atoms with E-state index in [2.05, 4.69) is 25.3 Å². The number of nitrogens with one attached hydrogen (secondary N) is 2. The first kappa shape index (κ1) is 13.3. The summed E-state index contributed by atoms with van der Waals surface area (Å²) in [5.74, 6) is 0.164. The Hall–Kier alpha value is -1.67. The summed E-state index contributed by atoms with van der Waals surface area (Å²) in [6.07, 6.45) is 4.73. The maximum atomic E-state index is 11.9. The molecule has 0 bridgehead atoms. The van der Waals surface area contributed by atoms with Crippen LogP contribution in [-0.4, -0.2) is 44.9 Å². The molecule has 0 radical (unpaired) electrons. The second kappa shape index (κ2) is 6.19. The maximum Gasteiger partial charge on any atom is 0.309 e. The number of nitrogens with zero attached hydrogens (tertiary/aromatic N) is 3. The topological polar surface area (TPSA) is 92.8 Å². The molecule has 1 fully saturated rings. The number of hydrogen-bond donors (Lipinski definition) is 2. The van der Waals surface area contributed by atoms with Crippen molar-refractivity contribution >= 4 is 28.9 Å². The third-order valence-corrected chi connectivity index (χ3v) is 4.08. The Morgan fingerprint density at radius 1 is 1.35 bits per heavy atom. The molecule has 2 aromatic rings. The van der Waals surface area contributed by atoms with Gasteiger partial charge in [0.1, 0.15) is 22.8 Å². The van der Waals surface area contributed by atoms with Crippen LogP contribution in [0.1, 0.15) is 12.8 Å². The number of imidazole rings is 1. The van der Waals surface area contributed by atoms with E-state index in [0.717, 1.165) is 36.5 Å². The predicted octanol–water partition coefficient (Wildman–Crippen LogP) is 0.945. The fraction of sp³-hybridized carbons (Fsp3) is 0.500. The standard InChI is InChI=1S/C12H15N5O2S/c18-12(8-1-3-13-4-2-8)19-7-20-11-9-10(15-5-14-9)16-6-17-11/h5-6,8,13H,1-4,7H2,(H,14,15,16,17). The molecule has 0 aliphatic carbocycles. The first-order valence-electron chi connectivity index (χ1n) is 6.49. The maximum absolute atomic E-state index is 11.9. The largest absolute Gasteiger partial charge is 0.454 e. The number of carbonyl (C=O) groups is 1. The molecule has 8 heteroatoms. The zero-order valence-electron chi connectivity index (χ0n) is 10.8. The number of carbonyl (C=O) groups excluding carboxylic acids is 1. The molecule has 0 amide bonds. The van der Waals surface area contributed by atoms with Gasteiger partial charge in [0, 0.05) is 0 Å². The molecule has 1 saturated heterocycles. The van der Waals surface area contributed by atoms with Crippen molar-refractivity contribution in [2.75, 3.05) is 19.0 Å². The lowest BCUT2D eigenvalue weighted by atomic mass is 9.99. The van der Waals surface area contributed by atoms with Gasteiger partial charge in [0.15, 0.2) is 5.65 Å². The quantitative estimate of drug-likeness (QED) is 0.375. The van der Waals surface area contributed by atoms with Crippen LogP contribution >= 0.6 is 11.8 Å². The third kappa shape index (κ3) is 2.91. The summed E-state index contributed by atoms with van der Waals surface area (Å²) in [5.41, 5.74) is 1.39. The molecule has 7 nitrogen and oxygen atoms in total. The Morgan fingerprint density at radius 2 is 2.20 bits per heavy atom. The van der Waals surface area contributed by atoms with E-state index in [-0.39, 0.29) is 17.8 Å². The van der Waals surface area contributed by atoms with E-state index in [4.69, 9.17) is 4.74 Å². The van der Waals surface area contributed by atoms with Crippen molar-refractivity contribution in [1.29, 1.82) is 0 Å². The normalized spacial score (nSPS) is 16.4. The number of hydrogen-bond acceptors (Lipinski definition) is 7. The van der Waals surface area contributed by atoms with E-state index < -0.39 is 0 Å². The van der Waals surface area contributed by atoms with Gasteiger partial charge in [0.2, 0.25) is 0 Å². The van der Waals surface area contributed by atoms with Gasteiger partial charge < -0.3 is 15.0 Å². The number of H-pyrrole nitrogens is 1. The fourth-order valence-corrected chi connectivity index (χ4v) is 2.87. The predicted molar refractivity (Wildman–Crippen MR) is 74.1 cm³/mol. The lowest BCUT2D eigenvalue weighted by Crippen LogP contribution is -2.32. The highest BCUT2D eigenvalue weighted by atomic mass is 32.2. The van der Waals surface area contributed by atoms with Crippen molar-refractivity contribution in [3.8, 4) is 0 Å². The van der Waals surface area contributed by atoms with Crippen molar-refractivity contribution in [1.82, 2.24) is 25.3 Å². The zero-order valence-corrected chi connectivity index (χ0v) is 11.7. The van der Waals surface area contributed by atoms with Gasteiger partial charge in [-0.25, -0.2) is 15.0 Å². The molecule has 2 N–H and O–H groups in total.